The van der Waals surface area contributed by atoms with Gasteiger partial charge in [-0.05, 0) is 13.0 Å². The van der Waals surface area contributed by atoms with Gasteiger partial charge in [0.05, 0.1) is 19.3 Å². The first-order chi connectivity index (χ1) is 5.75. The van der Waals surface area contributed by atoms with Crippen LogP contribution >= 0.6 is 0 Å². The Hall–Kier alpha value is -0.650. The van der Waals surface area contributed by atoms with Crippen molar-refractivity contribution in [2.75, 3.05) is 19.8 Å². The summed E-state index contributed by atoms with van der Waals surface area (Å²) >= 11 is 0. The SMILES string of the molecule is O=C(O)[C@H]1NCCC1OCCO. The highest BCUT2D eigenvalue weighted by Crippen LogP contribution is 2.11. The molecular weight excluding hydrogens is 162 g/mol. The Balaban J connectivity index is 2.35. The van der Waals surface area contributed by atoms with E-state index >= 15 is 0 Å². The van der Waals surface area contributed by atoms with Crippen molar-refractivity contribution in [1.82, 2.24) is 5.32 Å². The van der Waals surface area contributed by atoms with Crippen LogP contribution in [0.5, 0.6) is 0 Å². The average Bonchev–Trinajstić information content (AvgIpc) is 2.48. The molecule has 1 heterocycles. The van der Waals surface area contributed by atoms with Crippen LogP contribution in [0.3, 0.4) is 0 Å². The Kier molecular flexibility index (Phi) is 3.46. The first-order valence-corrected chi connectivity index (χ1v) is 3.94. The van der Waals surface area contributed by atoms with E-state index in [0.29, 0.717) is 13.0 Å². The van der Waals surface area contributed by atoms with Crippen LogP contribution < -0.4 is 5.32 Å². The van der Waals surface area contributed by atoms with Crippen LogP contribution in [0.25, 0.3) is 0 Å². The lowest BCUT2D eigenvalue weighted by atomic mass is 10.2. The largest absolute Gasteiger partial charge is 0.480 e. The third-order valence-electron chi connectivity index (χ3n) is 1.85. The summed E-state index contributed by atoms with van der Waals surface area (Å²) in [7, 11) is 0. The summed E-state index contributed by atoms with van der Waals surface area (Å²) < 4.78 is 5.13. The average molecular weight is 175 g/mol. The minimum atomic E-state index is -0.893. The maximum absolute atomic E-state index is 10.6. The van der Waals surface area contributed by atoms with Gasteiger partial charge < -0.3 is 20.3 Å². The van der Waals surface area contributed by atoms with Crippen molar-refractivity contribution < 1.29 is 19.7 Å². The highest BCUT2D eigenvalue weighted by Gasteiger charge is 2.32. The van der Waals surface area contributed by atoms with E-state index in [1.54, 1.807) is 0 Å². The third-order valence-corrected chi connectivity index (χ3v) is 1.85. The second kappa shape index (κ2) is 4.39. The van der Waals surface area contributed by atoms with Gasteiger partial charge in [-0.3, -0.25) is 4.79 Å². The summed E-state index contributed by atoms with van der Waals surface area (Å²) in [5, 5.41) is 19.9. The molecule has 70 valence electrons. The van der Waals surface area contributed by atoms with Gasteiger partial charge in [0.25, 0.3) is 0 Å². The van der Waals surface area contributed by atoms with Crippen LogP contribution in [-0.4, -0.2) is 48.1 Å². The number of rotatable bonds is 4. The van der Waals surface area contributed by atoms with Crippen LogP contribution in [0, 0.1) is 0 Å². The first kappa shape index (κ1) is 9.44. The number of ether oxygens (including phenoxy) is 1. The van der Waals surface area contributed by atoms with Crippen LogP contribution in [0.2, 0.25) is 0 Å². The third kappa shape index (κ3) is 2.17. The molecule has 0 amide bonds. The Morgan fingerprint density at radius 2 is 2.42 bits per heavy atom. The van der Waals surface area contributed by atoms with Gasteiger partial charge in [-0.1, -0.05) is 0 Å². The molecule has 1 unspecified atom stereocenters. The Morgan fingerprint density at radius 1 is 1.67 bits per heavy atom. The number of carbonyl (C=O) groups is 1. The molecule has 1 aliphatic rings. The molecule has 0 saturated carbocycles. The molecule has 1 rings (SSSR count). The van der Waals surface area contributed by atoms with E-state index in [-0.39, 0.29) is 19.3 Å². The summed E-state index contributed by atoms with van der Waals surface area (Å²) in [5.74, 6) is -0.893. The molecule has 1 aliphatic heterocycles. The van der Waals surface area contributed by atoms with Crippen molar-refractivity contribution in [1.29, 1.82) is 0 Å². The van der Waals surface area contributed by atoms with Crippen molar-refractivity contribution in [2.24, 2.45) is 0 Å². The number of aliphatic carboxylic acids is 1. The highest BCUT2D eigenvalue weighted by atomic mass is 16.5. The monoisotopic (exact) mass is 175 g/mol. The second-order valence-corrected chi connectivity index (χ2v) is 2.69. The smallest absolute Gasteiger partial charge is 0.323 e. The maximum atomic E-state index is 10.6. The Morgan fingerprint density at radius 3 is 3.00 bits per heavy atom. The molecule has 2 atom stereocenters. The molecule has 0 spiro atoms. The van der Waals surface area contributed by atoms with Crippen LogP contribution in [0.4, 0.5) is 0 Å². The van der Waals surface area contributed by atoms with Crippen LogP contribution in [-0.2, 0) is 9.53 Å². The highest BCUT2D eigenvalue weighted by molar-refractivity contribution is 5.74. The van der Waals surface area contributed by atoms with E-state index in [1.165, 1.54) is 0 Å². The van der Waals surface area contributed by atoms with Crippen LogP contribution in [0.15, 0.2) is 0 Å². The lowest BCUT2D eigenvalue weighted by Crippen LogP contribution is -2.39. The number of nitrogens with one attached hydrogen (secondary N) is 1. The van der Waals surface area contributed by atoms with Crippen LogP contribution in [0.1, 0.15) is 6.42 Å². The zero-order chi connectivity index (χ0) is 8.97. The molecule has 5 nitrogen and oxygen atoms in total. The van der Waals surface area contributed by atoms with Crippen molar-refractivity contribution in [3.63, 3.8) is 0 Å². The lowest BCUT2D eigenvalue weighted by Gasteiger charge is -2.15. The number of carboxylic acids is 1. The zero-order valence-electron chi connectivity index (χ0n) is 6.69. The lowest BCUT2D eigenvalue weighted by molar-refractivity contribution is -0.142. The fraction of sp³-hybridized carbons (Fsp3) is 0.857. The molecular formula is C7H13NO4. The van der Waals surface area contributed by atoms with E-state index in [0.717, 1.165) is 0 Å². The molecule has 0 aromatic rings. The van der Waals surface area contributed by atoms with Gasteiger partial charge in [0, 0.05) is 0 Å². The Bertz CT molecular complexity index is 161. The summed E-state index contributed by atoms with van der Waals surface area (Å²) in [6.07, 6.45) is 0.395. The van der Waals surface area contributed by atoms with Crippen molar-refractivity contribution in [3.05, 3.63) is 0 Å². The molecule has 0 bridgehead atoms. The predicted octanol–water partition coefficient (Wildman–Crippen LogP) is -1.19. The molecule has 1 fully saturated rings. The predicted molar refractivity (Wildman–Crippen MR) is 40.9 cm³/mol. The molecule has 3 N–H and O–H groups in total. The fourth-order valence-electron chi connectivity index (χ4n) is 1.31. The van der Waals surface area contributed by atoms with Crippen molar-refractivity contribution in [3.8, 4) is 0 Å². The number of carboxylic acid groups (broad SMARTS) is 1. The molecule has 0 radical (unpaired) electrons. The molecule has 0 aromatic heterocycles. The molecule has 0 aromatic carbocycles. The number of hydrogen-bond acceptors (Lipinski definition) is 4. The van der Waals surface area contributed by atoms with E-state index in [1.807, 2.05) is 0 Å². The maximum Gasteiger partial charge on any atom is 0.323 e. The van der Waals surface area contributed by atoms with Gasteiger partial charge in [0.2, 0.25) is 0 Å². The van der Waals surface area contributed by atoms with Gasteiger partial charge in [-0.2, -0.15) is 0 Å². The van der Waals surface area contributed by atoms with E-state index in [9.17, 15) is 4.79 Å². The summed E-state index contributed by atoms with van der Waals surface area (Å²) in [6, 6.07) is -0.614. The number of hydrogen-bond donors (Lipinski definition) is 3. The topological polar surface area (TPSA) is 78.8 Å². The standard InChI is InChI=1S/C7H13NO4/c9-3-4-12-5-1-2-8-6(5)7(10)11/h5-6,8-9H,1-4H2,(H,10,11)/t5?,6-/m0/s1. The normalized spacial score (nSPS) is 29.1. The Labute approximate surface area is 70.3 Å². The number of aliphatic hydroxyl groups excluding tert-OH is 1. The molecule has 0 aliphatic carbocycles. The van der Waals surface area contributed by atoms with Gasteiger partial charge in [-0.25, -0.2) is 0 Å². The van der Waals surface area contributed by atoms with Crippen molar-refractivity contribution in [2.45, 2.75) is 18.6 Å². The fourth-order valence-corrected chi connectivity index (χ4v) is 1.31. The van der Waals surface area contributed by atoms with E-state index in [2.05, 4.69) is 5.32 Å². The van der Waals surface area contributed by atoms with Crippen molar-refractivity contribution >= 4 is 5.97 Å². The van der Waals surface area contributed by atoms with Gasteiger partial charge in [0.15, 0.2) is 0 Å². The summed E-state index contributed by atoms with van der Waals surface area (Å²) in [6.45, 7) is 0.798. The van der Waals surface area contributed by atoms with Gasteiger partial charge >= 0.3 is 5.97 Å². The van der Waals surface area contributed by atoms with E-state index < -0.39 is 12.0 Å². The zero-order valence-corrected chi connectivity index (χ0v) is 6.69. The first-order valence-electron chi connectivity index (χ1n) is 3.94. The van der Waals surface area contributed by atoms with E-state index in [4.69, 9.17) is 14.9 Å². The minimum absolute atomic E-state index is 0.0666. The molecule has 12 heavy (non-hydrogen) atoms. The summed E-state index contributed by atoms with van der Waals surface area (Å²) in [4.78, 5) is 10.6. The van der Waals surface area contributed by atoms with Gasteiger partial charge in [-0.15, -0.1) is 0 Å². The quantitative estimate of drug-likeness (QED) is 0.500. The van der Waals surface area contributed by atoms with Gasteiger partial charge in [0.1, 0.15) is 6.04 Å². The second-order valence-electron chi connectivity index (χ2n) is 2.69. The number of aliphatic hydroxyl groups is 1. The molecule has 1 saturated heterocycles. The minimum Gasteiger partial charge on any atom is -0.480 e. The molecule has 5 heteroatoms. The summed E-state index contributed by atoms with van der Waals surface area (Å²) in [5.41, 5.74) is 0.